The number of unbranched alkanes of at least 4 members (excludes halogenated alkanes) is 9. The second kappa shape index (κ2) is 14.8. The first-order valence-electron chi connectivity index (χ1n) is 9.90. The van der Waals surface area contributed by atoms with E-state index in [9.17, 15) is 13.5 Å². The molecule has 0 aromatic carbocycles. The third-order valence-corrected chi connectivity index (χ3v) is 5.70. The molecule has 3 unspecified atom stereocenters. The molecule has 0 bridgehead atoms. The molecule has 158 valence electrons. The van der Waals surface area contributed by atoms with Crippen molar-refractivity contribution >= 4 is 10.4 Å². The van der Waals surface area contributed by atoms with E-state index in [0.717, 1.165) is 64.2 Å². The Morgan fingerprint density at radius 1 is 0.769 bits per heavy atom. The van der Waals surface area contributed by atoms with E-state index in [1.165, 1.54) is 6.42 Å². The molecule has 0 radical (unpaired) electrons. The summed E-state index contributed by atoms with van der Waals surface area (Å²) in [6, 6.07) is 0. The first kappa shape index (κ1) is 25.8. The molecule has 1 fully saturated rings. The van der Waals surface area contributed by atoms with Gasteiger partial charge in [0.2, 0.25) is 0 Å². The van der Waals surface area contributed by atoms with Gasteiger partial charge in [0, 0.05) is 6.61 Å². The molecule has 26 heavy (non-hydrogen) atoms. The molecular formula is C19H40O6S. The van der Waals surface area contributed by atoms with Gasteiger partial charge in [0.1, 0.15) is 18.3 Å². The Kier molecular flexibility index (Phi) is 14.7. The maximum atomic E-state index is 11.8. The number of rotatable bonds is 14. The summed E-state index contributed by atoms with van der Waals surface area (Å²) in [6.45, 7) is 2.38. The average molecular weight is 397 g/mol. The average Bonchev–Trinajstić information content (AvgIpc) is 2.57. The largest absolute Gasteiger partial charge is 0.400 e. The maximum Gasteiger partial charge on any atom is 0.400 e. The molecule has 0 saturated carbocycles. The van der Waals surface area contributed by atoms with Gasteiger partial charge in [0.15, 0.2) is 0 Å². The van der Waals surface area contributed by atoms with E-state index in [4.69, 9.17) is 13.5 Å². The Labute approximate surface area is 160 Å². The molecule has 6 nitrogen and oxygen atoms in total. The van der Waals surface area contributed by atoms with E-state index < -0.39 is 28.7 Å². The molecule has 0 aliphatic carbocycles. The van der Waals surface area contributed by atoms with Crippen molar-refractivity contribution < 1.29 is 27.0 Å². The highest BCUT2D eigenvalue weighted by molar-refractivity contribution is 7.81. The first-order chi connectivity index (χ1) is 12.0. The zero-order chi connectivity index (χ0) is 18.5. The topological polar surface area (TPSA) is 93.1 Å². The molecule has 2 N–H and O–H groups in total. The highest BCUT2D eigenvalue weighted by atomic mass is 32.3. The molecule has 1 aliphatic heterocycles. The van der Waals surface area contributed by atoms with Crippen LogP contribution in [0.15, 0.2) is 0 Å². The summed E-state index contributed by atoms with van der Waals surface area (Å²) in [4.78, 5) is 0. The maximum absolute atomic E-state index is 11.8. The van der Waals surface area contributed by atoms with Gasteiger partial charge in [-0.3, -0.25) is 0 Å². The third kappa shape index (κ3) is 10.8. The molecule has 1 rings (SSSR count). The van der Waals surface area contributed by atoms with Crippen LogP contribution in [0.2, 0.25) is 0 Å². The molecule has 1 aliphatic rings. The molecule has 0 amide bonds. The van der Waals surface area contributed by atoms with Crippen molar-refractivity contribution in [2.75, 3.05) is 6.61 Å². The fourth-order valence-corrected chi connectivity index (χ4v) is 4.30. The zero-order valence-corrected chi connectivity index (χ0v) is 16.4. The number of aliphatic hydroxyl groups excluding tert-OH is 2. The van der Waals surface area contributed by atoms with Crippen LogP contribution in [-0.4, -0.2) is 43.5 Å². The van der Waals surface area contributed by atoms with Gasteiger partial charge in [-0.15, -0.1) is 0 Å². The summed E-state index contributed by atoms with van der Waals surface area (Å²) >= 11 is 0. The van der Waals surface area contributed by atoms with Gasteiger partial charge in [-0.25, -0.2) is 8.37 Å². The van der Waals surface area contributed by atoms with Crippen LogP contribution < -0.4 is 0 Å². The minimum absolute atomic E-state index is 0. The molecule has 1 saturated heterocycles. The molecule has 0 aromatic heterocycles. The SMILES string of the molecule is C.CCCCCCCC1OS(=O)(=O)OC(CCCCCCCCO)C1O. The van der Waals surface area contributed by atoms with Crippen LogP contribution in [0.25, 0.3) is 0 Å². The monoisotopic (exact) mass is 396 g/mol. The lowest BCUT2D eigenvalue weighted by Gasteiger charge is -2.33. The predicted molar refractivity (Wildman–Crippen MR) is 104 cm³/mol. The van der Waals surface area contributed by atoms with Gasteiger partial charge in [-0.05, 0) is 19.3 Å². The number of aliphatic hydroxyl groups is 2. The van der Waals surface area contributed by atoms with Crippen molar-refractivity contribution in [3.63, 3.8) is 0 Å². The second-order valence-corrected chi connectivity index (χ2v) is 8.21. The molecule has 7 heteroatoms. The van der Waals surface area contributed by atoms with Crippen LogP contribution >= 0.6 is 0 Å². The highest BCUT2D eigenvalue weighted by Gasteiger charge is 2.40. The summed E-state index contributed by atoms with van der Waals surface area (Å²) in [6.07, 6.45) is 9.91. The van der Waals surface area contributed by atoms with Gasteiger partial charge in [0.05, 0.1) is 0 Å². The molecule has 1 heterocycles. The molecule has 3 atom stereocenters. The minimum atomic E-state index is -4.00. The van der Waals surface area contributed by atoms with Gasteiger partial charge in [0.25, 0.3) is 0 Å². The Hall–Kier alpha value is -0.210. The van der Waals surface area contributed by atoms with Crippen LogP contribution in [0.4, 0.5) is 0 Å². The summed E-state index contributed by atoms with van der Waals surface area (Å²) in [5.41, 5.74) is 0. The van der Waals surface area contributed by atoms with Gasteiger partial charge < -0.3 is 10.2 Å². The lowest BCUT2D eigenvalue weighted by Crippen LogP contribution is -2.48. The number of hydrogen-bond donors (Lipinski definition) is 2. The normalized spacial score (nSPS) is 25.0. The predicted octanol–water partition coefficient (Wildman–Crippen LogP) is 4.10. The highest BCUT2D eigenvalue weighted by Crippen LogP contribution is 2.27. The Morgan fingerprint density at radius 2 is 1.19 bits per heavy atom. The standard InChI is InChI=1S/C18H36O6S.CH4/c1-2-3-4-7-10-13-16-18(20)17(24-25(21,22)23-16)14-11-8-5-6-9-12-15-19;/h16-20H,2-15H2,1H3;1H4. The van der Waals surface area contributed by atoms with Crippen LogP contribution in [0.3, 0.4) is 0 Å². The summed E-state index contributed by atoms with van der Waals surface area (Å²) in [5, 5.41) is 19.1. The minimum Gasteiger partial charge on any atom is -0.396 e. The van der Waals surface area contributed by atoms with Gasteiger partial charge in [-0.2, -0.15) is 8.42 Å². The first-order valence-corrected chi connectivity index (χ1v) is 11.2. The van der Waals surface area contributed by atoms with Crippen molar-refractivity contribution in [1.29, 1.82) is 0 Å². The van der Waals surface area contributed by atoms with Gasteiger partial charge >= 0.3 is 10.4 Å². The van der Waals surface area contributed by atoms with Crippen molar-refractivity contribution in [3.8, 4) is 0 Å². The van der Waals surface area contributed by atoms with Crippen LogP contribution in [0.5, 0.6) is 0 Å². The smallest absolute Gasteiger partial charge is 0.396 e. The molecule has 0 spiro atoms. The summed E-state index contributed by atoms with van der Waals surface area (Å²) in [5.74, 6) is 0. The lowest BCUT2D eigenvalue weighted by molar-refractivity contribution is -0.0830. The molecule has 0 aromatic rings. The van der Waals surface area contributed by atoms with Crippen molar-refractivity contribution in [1.82, 2.24) is 0 Å². The number of hydrogen-bond acceptors (Lipinski definition) is 6. The Balaban J connectivity index is 0.00000625. The fraction of sp³-hybridized carbons (Fsp3) is 1.00. The van der Waals surface area contributed by atoms with E-state index in [-0.39, 0.29) is 14.0 Å². The fourth-order valence-electron chi connectivity index (χ4n) is 3.23. The third-order valence-electron chi connectivity index (χ3n) is 4.73. The van der Waals surface area contributed by atoms with Crippen molar-refractivity contribution in [3.05, 3.63) is 0 Å². The summed E-state index contributed by atoms with van der Waals surface area (Å²) in [7, 11) is -4.00. The van der Waals surface area contributed by atoms with E-state index in [1.54, 1.807) is 0 Å². The van der Waals surface area contributed by atoms with Crippen LogP contribution in [0.1, 0.15) is 97.8 Å². The van der Waals surface area contributed by atoms with Crippen molar-refractivity contribution in [2.45, 2.75) is 116 Å². The van der Waals surface area contributed by atoms with Crippen molar-refractivity contribution in [2.24, 2.45) is 0 Å². The van der Waals surface area contributed by atoms with Crippen LogP contribution in [-0.2, 0) is 18.8 Å². The second-order valence-electron chi connectivity index (χ2n) is 7.00. The van der Waals surface area contributed by atoms with Gasteiger partial charge in [-0.1, -0.05) is 78.6 Å². The Morgan fingerprint density at radius 3 is 1.65 bits per heavy atom. The summed E-state index contributed by atoms with van der Waals surface area (Å²) < 4.78 is 33.5. The lowest BCUT2D eigenvalue weighted by atomic mass is 9.97. The van der Waals surface area contributed by atoms with E-state index in [1.807, 2.05) is 0 Å². The quantitative estimate of drug-likeness (QED) is 0.430. The zero-order valence-electron chi connectivity index (χ0n) is 15.6. The van der Waals surface area contributed by atoms with E-state index in [0.29, 0.717) is 12.8 Å². The Bertz CT molecular complexity index is 426. The van der Waals surface area contributed by atoms with E-state index in [2.05, 4.69) is 6.92 Å². The van der Waals surface area contributed by atoms with Crippen LogP contribution in [0, 0.1) is 0 Å². The van der Waals surface area contributed by atoms with E-state index >= 15 is 0 Å². The molecular weight excluding hydrogens is 356 g/mol.